The molecule has 108 valence electrons. The molecule has 0 atom stereocenters. The molecule has 0 aliphatic rings. The van der Waals surface area contributed by atoms with E-state index in [1.165, 1.54) is 6.07 Å². The maximum Gasteiger partial charge on any atom is 0.151 e. The van der Waals surface area contributed by atoms with E-state index in [1.54, 1.807) is 25.3 Å². The highest BCUT2D eigenvalue weighted by molar-refractivity contribution is 5.83. The maximum absolute atomic E-state index is 14.0. The lowest BCUT2D eigenvalue weighted by molar-refractivity contribution is 0.416. The normalized spacial score (nSPS) is 11.0. The molecular formula is C16H16FN3O. The summed E-state index contributed by atoms with van der Waals surface area (Å²) < 4.78 is 21.3. The monoisotopic (exact) mass is 285 g/mol. The van der Waals surface area contributed by atoms with Crippen LogP contribution in [0.1, 0.15) is 6.92 Å². The van der Waals surface area contributed by atoms with Crippen molar-refractivity contribution >= 4 is 16.7 Å². The Kier molecular flexibility index (Phi) is 3.25. The lowest BCUT2D eigenvalue weighted by atomic mass is 10.1. The van der Waals surface area contributed by atoms with E-state index in [0.29, 0.717) is 29.3 Å². The van der Waals surface area contributed by atoms with Gasteiger partial charge in [-0.15, -0.1) is 0 Å². The summed E-state index contributed by atoms with van der Waals surface area (Å²) in [7, 11) is 1.58. The number of halogens is 1. The number of aromatic nitrogens is 2. The molecule has 21 heavy (non-hydrogen) atoms. The molecule has 5 heteroatoms. The molecule has 1 aromatic heterocycles. The molecule has 2 N–H and O–H groups in total. The van der Waals surface area contributed by atoms with Gasteiger partial charge in [0.15, 0.2) is 5.82 Å². The summed E-state index contributed by atoms with van der Waals surface area (Å²) in [5, 5.41) is 0. The number of hydrogen-bond acceptors (Lipinski definition) is 3. The maximum atomic E-state index is 14.0. The van der Waals surface area contributed by atoms with Gasteiger partial charge in [-0.2, -0.15) is 0 Å². The second-order valence-electron chi connectivity index (χ2n) is 4.75. The van der Waals surface area contributed by atoms with Crippen molar-refractivity contribution < 1.29 is 9.13 Å². The minimum absolute atomic E-state index is 0.324. The van der Waals surface area contributed by atoms with Gasteiger partial charge in [0.25, 0.3) is 0 Å². The fourth-order valence-corrected chi connectivity index (χ4v) is 2.53. The number of para-hydroxylation sites is 1. The molecule has 1 heterocycles. The van der Waals surface area contributed by atoms with Crippen LogP contribution in [0.2, 0.25) is 0 Å². The van der Waals surface area contributed by atoms with E-state index in [0.717, 1.165) is 11.1 Å². The Morgan fingerprint density at radius 2 is 2.10 bits per heavy atom. The Bertz CT molecular complexity index is 811. The summed E-state index contributed by atoms with van der Waals surface area (Å²) in [5.41, 5.74) is 8.33. The molecule has 4 nitrogen and oxygen atoms in total. The number of nitrogens with zero attached hydrogens (tertiary/aromatic N) is 2. The van der Waals surface area contributed by atoms with Crippen molar-refractivity contribution in [2.24, 2.45) is 0 Å². The molecule has 3 rings (SSSR count). The summed E-state index contributed by atoms with van der Waals surface area (Å²) in [6.45, 7) is 2.68. The molecular weight excluding hydrogens is 269 g/mol. The predicted octanol–water partition coefficient (Wildman–Crippen LogP) is 3.45. The van der Waals surface area contributed by atoms with Gasteiger partial charge in [-0.05, 0) is 31.2 Å². The van der Waals surface area contributed by atoms with Gasteiger partial charge in [0.2, 0.25) is 0 Å². The van der Waals surface area contributed by atoms with Crippen molar-refractivity contribution in [3.63, 3.8) is 0 Å². The summed E-state index contributed by atoms with van der Waals surface area (Å²) >= 11 is 0. The van der Waals surface area contributed by atoms with Gasteiger partial charge in [0.05, 0.1) is 18.2 Å². The number of rotatable bonds is 3. The second-order valence-corrected chi connectivity index (χ2v) is 4.75. The van der Waals surface area contributed by atoms with Gasteiger partial charge < -0.3 is 15.0 Å². The number of fused-ring (bicyclic) bond motifs is 1. The fourth-order valence-electron chi connectivity index (χ4n) is 2.53. The Hall–Kier alpha value is -2.56. The van der Waals surface area contributed by atoms with Crippen LogP contribution in [0.15, 0.2) is 36.4 Å². The van der Waals surface area contributed by atoms with Crippen molar-refractivity contribution in [1.82, 2.24) is 9.55 Å². The molecule has 0 spiro atoms. The van der Waals surface area contributed by atoms with Crippen molar-refractivity contribution in [1.29, 1.82) is 0 Å². The summed E-state index contributed by atoms with van der Waals surface area (Å²) in [6.07, 6.45) is 0. The van der Waals surface area contributed by atoms with Crippen LogP contribution in [-0.4, -0.2) is 16.7 Å². The number of ether oxygens (including phenoxy) is 1. The lowest BCUT2D eigenvalue weighted by Crippen LogP contribution is -1.99. The number of benzene rings is 2. The van der Waals surface area contributed by atoms with Crippen LogP contribution in [0.5, 0.6) is 5.75 Å². The zero-order valence-corrected chi connectivity index (χ0v) is 11.9. The second kappa shape index (κ2) is 5.09. The van der Waals surface area contributed by atoms with E-state index in [9.17, 15) is 4.39 Å². The molecule has 0 amide bonds. The minimum Gasteiger partial charge on any atom is -0.496 e. The van der Waals surface area contributed by atoms with Crippen molar-refractivity contribution in [3.8, 4) is 17.1 Å². The van der Waals surface area contributed by atoms with Crippen molar-refractivity contribution in [2.75, 3.05) is 12.8 Å². The van der Waals surface area contributed by atoms with Crippen LogP contribution in [-0.2, 0) is 6.54 Å². The largest absolute Gasteiger partial charge is 0.496 e. The zero-order chi connectivity index (χ0) is 15.0. The van der Waals surface area contributed by atoms with E-state index >= 15 is 0 Å². The molecule has 0 radical (unpaired) electrons. The molecule has 0 saturated carbocycles. The van der Waals surface area contributed by atoms with Crippen LogP contribution < -0.4 is 10.5 Å². The average molecular weight is 285 g/mol. The van der Waals surface area contributed by atoms with Crippen LogP contribution in [0.3, 0.4) is 0 Å². The molecule has 0 saturated heterocycles. The first-order valence-corrected chi connectivity index (χ1v) is 6.74. The minimum atomic E-state index is -0.324. The fraction of sp³-hybridized carbons (Fsp3) is 0.188. The number of nitrogens with two attached hydrogens (primary N) is 1. The van der Waals surface area contributed by atoms with E-state index in [2.05, 4.69) is 4.98 Å². The van der Waals surface area contributed by atoms with Gasteiger partial charge in [0.1, 0.15) is 17.1 Å². The third kappa shape index (κ3) is 2.11. The van der Waals surface area contributed by atoms with E-state index < -0.39 is 0 Å². The topological polar surface area (TPSA) is 53.1 Å². The number of hydrogen-bond donors (Lipinski definition) is 1. The highest BCUT2D eigenvalue weighted by Gasteiger charge is 2.17. The van der Waals surface area contributed by atoms with Crippen molar-refractivity contribution in [2.45, 2.75) is 13.5 Å². The standard InChI is InChI=1S/C16H16FN3O/c1-3-20-13-6-4-5-12(17)15(13)19-16(20)11-8-7-10(18)9-14(11)21-2/h4-9H,3,18H2,1-2H3. The van der Waals surface area contributed by atoms with Crippen LogP contribution >= 0.6 is 0 Å². The molecule has 0 unspecified atom stereocenters. The van der Waals surface area contributed by atoms with Gasteiger partial charge in [-0.1, -0.05) is 6.07 Å². The Balaban J connectivity index is 2.32. The Labute approximate surface area is 122 Å². The highest BCUT2D eigenvalue weighted by atomic mass is 19.1. The molecule has 2 aromatic carbocycles. The number of nitrogen functional groups attached to an aromatic ring is 1. The Morgan fingerprint density at radius 3 is 2.81 bits per heavy atom. The summed E-state index contributed by atoms with van der Waals surface area (Å²) in [6, 6.07) is 10.3. The zero-order valence-electron chi connectivity index (χ0n) is 11.9. The van der Waals surface area contributed by atoms with Crippen LogP contribution in [0, 0.1) is 5.82 Å². The predicted molar refractivity (Wildman–Crippen MR) is 81.8 cm³/mol. The van der Waals surface area contributed by atoms with Crippen molar-refractivity contribution in [3.05, 3.63) is 42.2 Å². The number of methoxy groups -OCH3 is 1. The molecule has 0 fully saturated rings. The van der Waals surface area contributed by atoms with Gasteiger partial charge in [-0.3, -0.25) is 0 Å². The molecule has 0 bridgehead atoms. The first-order chi connectivity index (χ1) is 10.2. The first kappa shape index (κ1) is 13.4. The number of anilines is 1. The molecule has 0 aliphatic heterocycles. The number of imidazole rings is 1. The average Bonchev–Trinajstić information content (AvgIpc) is 2.86. The number of aryl methyl sites for hydroxylation is 1. The smallest absolute Gasteiger partial charge is 0.151 e. The first-order valence-electron chi connectivity index (χ1n) is 6.74. The van der Waals surface area contributed by atoms with E-state index in [-0.39, 0.29) is 5.82 Å². The molecule has 0 aliphatic carbocycles. The quantitative estimate of drug-likeness (QED) is 0.750. The van der Waals surface area contributed by atoms with Gasteiger partial charge in [-0.25, -0.2) is 9.37 Å². The van der Waals surface area contributed by atoms with Gasteiger partial charge >= 0.3 is 0 Å². The lowest BCUT2D eigenvalue weighted by Gasteiger charge is -2.11. The summed E-state index contributed by atoms with van der Waals surface area (Å²) in [4.78, 5) is 4.46. The highest BCUT2D eigenvalue weighted by Crippen LogP contribution is 2.33. The Morgan fingerprint density at radius 1 is 1.29 bits per heavy atom. The SMILES string of the molecule is CCn1c(-c2ccc(N)cc2OC)nc2c(F)cccc21. The van der Waals surface area contributed by atoms with Crippen LogP contribution in [0.4, 0.5) is 10.1 Å². The molecule has 3 aromatic rings. The van der Waals surface area contributed by atoms with Crippen LogP contribution in [0.25, 0.3) is 22.4 Å². The summed E-state index contributed by atoms with van der Waals surface area (Å²) in [5.74, 6) is 0.977. The third-order valence-electron chi connectivity index (χ3n) is 3.51. The van der Waals surface area contributed by atoms with E-state index in [4.69, 9.17) is 10.5 Å². The van der Waals surface area contributed by atoms with Gasteiger partial charge in [0, 0.05) is 18.3 Å². The third-order valence-corrected chi connectivity index (χ3v) is 3.51. The van der Waals surface area contributed by atoms with E-state index in [1.807, 2.05) is 23.6 Å².